The molecule has 106 valence electrons. The Bertz CT molecular complexity index is 616. The second-order valence-corrected chi connectivity index (χ2v) is 6.37. The summed E-state index contributed by atoms with van der Waals surface area (Å²) in [4.78, 5) is 7.52. The number of aryl methyl sites for hydroxylation is 1. The van der Waals surface area contributed by atoms with Crippen molar-refractivity contribution in [1.82, 2.24) is 9.88 Å². The smallest absolute Gasteiger partial charge is 0.0708 e. The Morgan fingerprint density at radius 3 is 2.70 bits per heavy atom. The molecule has 0 bridgehead atoms. The molecule has 1 aliphatic heterocycles. The van der Waals surface area contributed by atoms with E-state index in [0.717, 1.165) is 30.8 Å². The molecule has 0 saturated heterocycles. The van der Waals surface area contributed by atoms with Gasteiger partial charge in [-0.25, -0.2) is 0 Å². The number of fused-ring (bicyclic) bond motifs is 2. The number of benzene rings is 1. The molecule has 0 aliphatic carbocycles. The van der Waals surface area contributed by atoms with Crippen molar-refractivity contribution >= 4 is 10.9 Å². The lowest BCUT2D eigenvalue weighted by Gasteiger charge is -2.21. The minimum atomic E-state index is 0.740. The summed E-state index contributed by atoms with van der Waals surface area (Å²) in [7, 11) is 0. The molecule has 0 radical (unpaired) electrons. The third kappa shape index (κ3) is 2.57. The van der Waals surface area contributed by atoms with E-state index in [2.05, 4.69) is 49.9 Å². The van der Waals surface area contributed by atoms with Crippen LogP contribution in [0.3, 0.4) is 0 Å². The second kappa shape index (κ2) is 5.53. The fraction of sp³-hybridized carbons (Fsp3) is 0.500. The van der Waals surface area contributed by atoms with Crippen LogP contribution in [-0.4, -0.2) is 29.5 Å². The van der Waals surface area contributed by atoms with Crippen molar-refractivity contribution in [3.05, 3.63) is 41.1 Å². The van der Waals surface area contributed by atoms with Gasteiger partial charge in [-0.05, 0) is 36.5 Å². The molecule has 1 aromatic heterocycles. The molecule has 0 saturated carbocycles. The van der Waals surface area contributed by atoms with Gasteiger partial charge in [-0.3, -0.25) is 4.98 Å². The van der Waals surface area contributed by atoms with Crippen LogP contribution < -0.4 is 0 Å². The van der Waals surface area contributed by atoms with Crippen LogP contribution in [0, 0.1) is 12.8 Å². The average molecular weight is 268 g/mol. The van der Waals surface area contributed by atoms with Gasteiger partial charge in [-0.1, -0.05) is 32.0 Å². The standard InChI is InChI=1S/C18H24N2/c1-13(2)12-20-10-8-16-14(3)15-6-4-5-7-17(15)19-18(16)9-11-20/h4-7,13H,8-12H2,1-3H3. The van der Waals surface area contributed by atoms with Gasteiger partial charge >= 0.3 is 0 Å². The van der Waals surface area contributed by atoms with Crippen molar-refractivity contribution < 1.29 is 0 Å². The zero-order valence-corrected chi connectivity index (χ0v) is 12.8. The minimum Gasteiger partial charge on any atom is -0.302 e. The van der Waals surface area contributed by atoms with Crippen LogP contribution in [0.1, 0.15) is 30.7 Å². The van der Waals surface area contributed by atoms with Crippen molar-refractivity contribution in [3.63, 3.8) is 0 Å². The molecule has 0 N–H and O–H groups in total. The van der Waals surface area contributed by atoms with Crippen molar-refractivity contribution in [3.8, 4) is 0 Å². The molecule has 0 atom stereocenters. The SMILES string of the molecule is Cc1c2c(nc3ccccc13)CCN(CC(C)C)CC2. The minimum absolute atomic E-state index is 0.740. The Hall–Kier alpha value is -1.41. The highest BCUT2D eigenvalue weighted by Gasteiger charge is 2.18. The highest BCUT2D eigenvalue weighted by atomic mass is 15.1. The summed E-state index contributed by atoms with van der Waals surface area (Å²) in [5, 5.41) is 1.32. The maximum atomic E-state index is 4.92. The summed E-state index contributed by atoms with van der Waals surface area (Å²) >= 11 is 0. The van der Waals surface area contributed by atoms with Gasteiger partial charge in [0.05, 0.1) is 5.52 Å². The molecule has 2 heteroatoms. The number of pyridine rings is 1. The first-order chi connectivity index (χ1) is 9.65. The molecule has 1 aromatic carbocycles. The molecule has 1 aliphatic rings. The predicted molar refractivity (Wildman–Crippen MR) is 85.2 cm³/mol. The Balaban J connectivity index is 1.96. The van der Waals surface area contributed by atoms with Crippen LogP contribution in [0.15, 0.2) is 24.3 Å². The lowest BCUT2D eigenvalue weighted by molar-refractivity contribution is 0.255. The Morgan fingerprint density at radius 1 is 1.15 bits per heavy atom. The Kier molecular flexibility index (Phi) is 3.75. The highest BCUT2D eigenvalue weighted by Crippen LogP contribution is 2.25. The topological polar surface area (TPSA) is 16.1 Å². The third-order valence-corrected chi connectivity index (χ3v) is 4.33. The van der Waals surface area contributed by atoms with Crippen LogP contribution in [0.5, 0.6) is 0 Å². The van der Waals surface area contributed by atoms with Gasteiger partial charge in [-0.15, -0.1) is 0 Å². The van der Waals surface area contributed by atoms with Crippen LogP contribution in [0.25, 0.3) is 10.9 Å². The van der Waals surface area contributed by atoms with E-state index < -0.39 is 0 Å². The van der Waals surface area contributed by atoms with E-state index in [1.165, 1.54) is 35.3 Å². The monoisotopic (exact) mass is 268 g/mol. The Morgan fingerprint density at radius 2 is 1.90 bits per heavy atom. The molecule has 2 heterocycles. The van der Waals surface area contributed by atoms with E-state index in [1.54, 1.807) is 0 Å². The number of aromatic nitrogens is 1. The molecule has 3 rings (SSSR count). The zero-order chi connectivity index (χ0) is 14.1. The summed E-state index contributed by atoms with van der Waals surface area (Å²) in [6, 6.07) is 8.54. The van der Waals surface area contributed by atoms with Gasteiger partial charge in [0.25, 0.3) is 0 Å². The van der Waals surface area contributed by atoms with Crippen molar-refractivity contribution in [2.75, 3.05) is 19.6 Å². The largest absolute Gasteiger partial charge is 0.302 e. The van der Waals surface area contributed by atoms with E-state index in [4.69, 9.17) is 4.98 Å². The van der Waals surface area contributed by atoms with E-state index in [1.807, 2.05) is 0 Å². The first kappa shape index (κ1) is 13.6. The van der Waals surface area contributed by atoms with Crippen LogP contribution in [-0.2, 0) is 12.8 Å². The number of nitrogens with zero attached hydrogens (tertiary/aromatic N) is 2. The van der Waals surface area contributed by atoms with Gasteiger partial charge in [0.15, 0.2) is 0 Å². The number of hydrogen-bond acceptors (Lipinski definition) is 2. The molecular weight excluding hydrogens is 244 g/mol. The number of rotatable bonds is 2. The molecule has 2 aromatic rings. The fourth-order valence-corrected chi connectivity index (χ4v) is 3.36. The summed E-state index contributed by atoms with van der Waals surface area (Å²) in [6.07, 6.45) is 2.24. The van der Waals surface area contributed by atoms with E-state index in [0.29, 0.717) is 0 Å². The van der Waals surface area contributed by atoms with Crippen molar-refractivity contribution in [2.45, 2.75) is 33.6 Å². The van der Waals surface area contributed by atoms with Gasteiger partial charge in [-0.2, -0.15) is 0 Å². The first-order valence-electron chi connectivity index (χ1n) is 7.74. The van der Waals surface area contributed by atoms with Gasteiger partial charge in [0.2, 0.25) is 0 Å². The summed E-state index contributed by atoms with van der Waals surface area (Å²) in [5.74, 6) is 0.740. The molecule has 0 amide bonds. The third-order valence-electron chi connectivity index (χ3n) is 4.33. The summed E-state index contributed by atoms with van der Waals surface area (Å²) in [5.41, 5.74) is 5.42. The maximum absolute atomic E-state index is 4.92. The van der Waals surface area contributed by atoms with Crippen molar-refractivity contribution in [1.29, 1.82) is 0 Å². The lowest BCUT2D eigenvalue weighted by Crippen LogP contribution is -2.30. The van der Waals surface area contributed by atoms with E-state index >= 15 is 0 Å². The molecule has 0 fully saturated rings. The van der Waals surface area contributed by atoms with Crippen LogP contribution in [0.4, 0.5) is 0 Å². The van der Waals surface area contributed by atoms with E-state index in [-0.39, 0.29) is 0 Å². The normalized spacial score (nSPS) is 16.4. The summed E-state index contributed by atoms with van der Waals surface area (Å²) in [6.45, 7) is 10.4. The quantitative estimate of drug-likeness (QED) is 0.827. The predicted octanol–water partition coefficient (Wildman–Crippen LogP) is 3.60. The molecule has 0 unspecified atom stereocenters. The van der Waals surface area contributed by atoms with E-state index in [9.17, 15) is 0 Å². The van der Waals surface area contributed by atoms with Crippen LogP contribution >= 0.6 is 0 Å². The lowest BCUT2D eigenvalue weighted by atomic mass is 9.99. The molecule has 0 spiro atoms. The first-order valence-corrected chi connectivity index (χ1v) is 7.74. The van der Waals surface area contributed by atoms with Crippen LogP contribution in [0.2, 0.25) is 0 Å². The highest BCUT2D eigenvalue weighted by molar-refractivity contribution is 5.83. The van der Waals surface area contributed by atoms with Gasteiger partial charge in [0, 0.05) is 37.1 Å². The second-order valence-electron chi connectivity index (χ2n) is 6.37. The summed E-state index contributed by atoms with van der Waals surface area (Å²) < 4.78 is 0. The van der Waals surface area contributed by atoms with Crippen molar-refractivity contribution in [2.24, 2.45) is 5.92 Å². The zero-order valence-electron chi connectivity index (χ0n) is 12.8. The number of hydrogen-bond donors (Lipinski definition) is 0. The van der Waals surface area contributed by atoms with Gasteiger partial charge < -0.3 is 4.90 Å². The molecular formula is C18H24N2. The van der Waals surface area contributed by atoms with Gasteiger partial charge in [0.1, 0.15) is 0 Å². The fourth-order valence-electron chi connectivity index (χ4n) is 3.36. The molecule has 20 heavy (non-hydrogen) atoms. The Labute approximate surface area is 121 Å². The maximum Gasteiger partial charge on any atom is 0.0708 e. The number of para-hydroxylation sites is 1. The molecule has 2 nitrogen and oxygen atoms in total. The average Bonchev–Trinajstić information content (AvgIpc) is 2.62.